The molecule has 0 radical (unpaired) electrons. The van der Waals surface area contributed by atoms with E-state index >= 15 is 0 Å². The van der Waals surface area contributed by atoms with E-state index in [1.54, 1.807) is 0 Å². The summed E-state index contributed by atoms with van der Waals surface area (Å²) in [5, 5.41) is 0.298. The topological polar surface area (TPSA) is 12.9 Å². The highest BCUT2D eigenvalue weighted by molar-refractivity contribution is 6.20. The first kappa shape index (κ1) is 11.5. The average Bonchev–Trinajstić information content (AvgIpc) is 2.21. The first-order chi connectivity index (χ1) is 6.77. The van der Waals surface area contributed by atoms with Crippen molar-refractivity contribution in [3.63, 3.8) is 0 Å². The van der Waals surface area contributed by atoms with Crippen molar-refractivity contribution in [3.05, 3.63) is 29.1 Å². The first-order valence-electron chi connectivity index (χ1n) is 5.35. The van der Waals surface area contributed by atoms with Crippen LogP contribution in [0.1, 0.15) is 37.1 Å². The zero-order valence-electron chi connectivity index (χ0n) is 9.18. The Morgan fingerprint density at radius 3 is 2.86 bits per heavy atom. The van der Waals surface area contributed by atoms with Gasteiger partial charge in [-0.3, -0.25) is 4.98 Å². The van der Waals surface area contributed by atoms with Crippen LogP contribution in [0.5, 0.6) is 0 Å². The molecule has 78 valence electrons. The summed E-state index contributed by atoms with van der Waals surface area (Å²) in [7, 11) is 0. The molecule has 0 fully saturated rings. The van der Waals surface area contributed by atoms with E-state index in [1.807, 2.05) is 20.0 Å². The maximum absolute atomic E-state index is 6.06. The summed E-state index contributed by atoms with van der Waals surface area (Å²) >= 11 is 6.06. The predicted molar refractivity (Wildman–Crippen MR) is 62.0 cm³/mol. The van der Waals surface area contributed by atoms with E-state index in [0.29, 0.717) is 5.38 Å². The molecule has 1 aliphatic carbocycles. The van der Waals surface area contributed by atoms with E-state index in [0.717, 1.165) is 19.3 Å². The number of nitrogens with zero attached hydrogens (tertiary/aromatic N) is 1. The van der Waals surface area contributed by atoms with Gasteiger partial charge in [0.25, 0.3) is 0 Å². The fourth-order valence-corrected chi connectivity index (χ4v) is 2.03. The Labute approximate surface area is 91.5 Å². The summed E-state index contributed by atoms with van der Waals surface area (Å²) in [4.78, 5) is 4.35. The van der Waals surface area contributed by atoms with Crippen LogP contribution in [0.15, 0.2) is 12.3 Å². The van der Waals surface area contributed by atoms with Crippen molar-refractivity contribution in [2.45, 2.75) is 45.4 Å². The van der Waals surface area contributed by atoms with E-state index < -0.39 is 0 Å². The van der Waals surface area contributed by atoms with Crippen molar-refractivity contribution < 1.29 is 0 Å². The van der Waals surface area contributed by atoms with Gasteiger partial charge in [0, 0.05) is 23.7 Å². The van der Waals surface area contributed by atoms with Gasteiger partial charge in [0.05, 0.1) is 0 Å². The molecule has 1 aliphatic rings. The minimum atomic E-state index is 0.298. The van der Waals surface area contributed by atoms with Crippen LogP contribution in [0.25, 0.3) is 0 Å². The van der Waals surface area contributed by atoms with Gasteiger partial charge >= 0.3 is 0 Å². The summed E-state index contributed by atoms with van der Waals surface area (Å²) in [6.07, 6.45) is 5.02. The van der Waals surface area contributed by atoms with E-state index in [1.165, 1.54) is 16.8 Å². The fourth-order valence-electron chi connectivity index (χ4n) is 1.78. The largest absolute Gasteiger partial charge is 0.261 e. The zero-order chi connectivity index (χ0) is 10.6. The van der Waals surface area contributed by atoms with Gasteiger partial charge in [-0.2, -0.15) is 0 Å². The van der Waals surface area contributed by atoms with Crippen LogP contribution in [-0.2, 0) is 12.8 Å². The minimum Gasteiger partial charge on any atom is -0.261 e. The number of fused-ring (bicyclic) bond motifs is 1. The molecule has 0 bridgehead atoms. The van der Waals surface area contributed by atoms with Gasteiger partial charge in [-0.05, 0) is 37.0 Å². The summed E-state index contributed by atoms with van der Waals surface area (Å²) < 4.78 is 0. The van der Waals surface area contributed by atoms with E-state index in [-0.39, 0.29) is 0 Å². The van der Waals surface area contributed by atoms with E-state index in [4.69, 9.17) is 11.6 Å². The van der Waals surface area contributed by atoms with Gasteiger partial charge in [-0.1, -0.05) is 13.8 Å². The maximum atomic E-state index is 6.06. The lowest BCUT2D eigenvalue weighted by Gasteiger charge is -2.20. The Hall–Kier alpha value is -0.560. The Morgan fingerprint density at radius 1 is 1.43 bits per heavy atom. The van der Waals surface area contributed by atoms with Crippen LogP contribution in [0.4, 0.5) is 0 Å². The molecule has 2 heteroatoms. The molecular formula is C12H18ClN. The first-order valence-corrected chi connectivity index (χ1v) is 5.78. The number of alkyl halides is 1. The molecule has 1 heterocycles. The molecule has 14 heavy (non-hydrogen) atoms. The van der Waals surface area contributed by atoms with Crippen LogP contribution in [-0.4, -0.2) is 10.4 Å². The van der Waals surface area contributed by atoms with E-state index in [9.17, 15) is 0 Å². The van der Waals surface area contributed by atoms with Crippen molar-refractivity contribution in [2.24, 2.45) is 0 Å². The monoisotopic (exact) mass is 211 g/mol. The lowest BCUT2D eigenvalue weighted by atomic mass is 9.93. The second-order valence-electron chi connectivity index (χ2n) is 3.39. The van der Waals surface area contributed by atoms with Crippen LogP contribution in [0.2, 0.25) is 0 Å². The molecule has 1 aromatic heterocycles. The molecular weight excluding hydrogens is 194 g/mol. The van der Waals surface area contributed by atoms with Crippen molar-refractivity contribution in [1.82, 2.24) is 4.98 Å². The van der Waals surface area contributed by atoms with Crippen molar-refractivity contribution in [1.29, 1.82) is 0 Å². The number of rotatable bonds is 0. The van der Waals surface area contributed by atoms with Crippen LogP contribution >= 0.6 is 11.6 Å². The highest BCUT2D eigenvalue weighted by atomic mass is 35.5. The average molecular weight is 212 g/mol. The normalized spacial score (nSPS) is 19.3. The second kappa shape index (κ2) is 5.35. The number of aryl methyl sites for hydroxylation is 1. The van der Waals surface area contributed by atoms with Crippen molar-refractivity contribution in [3.8, 4) is 0 Å². The number of aromatic nitrogens is 1. The van der Waals surface area contributed by atoms with Gasteiger partial charge < -0.3 is 0 Å². The number of hydrogen-bond donors (Lipinski definition) is 0. The molecule has 1 atom stereocenters. The Bertz CT molecular complexity index is 296. The molecule has 2 rings (SSSR count). The molecule has 0 N–H and O–H groups in total. The minimum absolute atomic E-state index is 0.298. The third-order valence-electron chi connectivity index (χ3n) is 2.50. The van der Waals surface area contributed by atoms with Gasteiger partial charge in [0.1, 0.15) is 0 Å². The highest BCUT2D eigenvalue weighted by Gasteiger charge is 2.18. The predicted octanol–water partition coefficient (Wildman–Crippen LogP) is 3.51. The zero-order valence-corrected chi connectivity index (χ0v) is 9.93. The highest BCUT2D eigenvalue weighted by Crippen LogP contribution is 2.24. The van der Waals surface area contributed by atoms with Gasteiger partial charge in [0.2, 0.25) is 0 Å². The molecule has 0 saturated carbocycles. The second-order valence-corrected chi connectivity index (χ2v) is 4.01. The van der Waals surface area contributed by atoms with Gasteiger partial charge in [-0.25, -0.2) is 0 Å². The van der Waals surface area contributed by atoms with Crippen LogP contribution < -0.4 is 0 Å². The molecule has 0 spiro atoms. The summed E-state index contributed by atoms with van der Waals surface area (Å²) in [6.45, 7) is 6.15. The quantitative estimate of drug-likeness (QED) is 0.599. The molecule has 1 aromatic rings. The molecule has 1 unspecified atom stereocenters. The third kappa shape index (κ3) is 2.48. The fraction of sp³-hybridized carbons (Fsp3) is 0.583. The SMILES string of the molecule is CC.Cc1ccnc2c1CCC(Cl)C2. The van der Waals surface area contributed by atoms with Crippen LogP contribution in [0, 0.1) is 6.92 Å². The summed E-state index contributed by atoms with van der Waals surface area (Å²) in [5.41, 5.74) is 4.00. The Morgan fingerprint density at radius 2 is 2.14 bits per heavy atom. The Balaban J connectivity index is 0.000000461. The van der Waals surface area contributed by atoms with Crippen molar-refractivity contribution >= 4 is 11.6 Å². The standard InChI is InChI=1S/C10H12ClN.C2H6/c1-7-4-5-12-10-6-8(11)2-3-9(7)10;1-2/h4-5,8H,2-3,6H2,1H3;1-2H3. The molecule has 0 saturated heterocycles. The summed E-state index contributed by atoms with van der Waals surface area (Å²) in [5.74, 6) is 0. The number of pyridine rings is 1. The van der Waals surface area contributed by atoms with Gasteiger partial charge in [0.15, 0.2) is 0 Å². The Kier molecular flexibility index (Phi) is 4.40. The lowest BCUT2D eigenvalue weighted by molar-refractivity contribution is 0.672. The molecule has 0 amide bonds. The third-order valence-corrected chi connectivity index (χ3v) is 2.87. The molecule has 0 aliphatic heterocycles. The summed E-state index contributed by atoms with van der Waals surface area (Å²) in [6, 6.07) is 2.08. The van der Waals surface area contributed by atoms with Crippen molar-refractivity contribution in [2.75, 3.05) is 0 Å². The van der Waals surface area contributed by atoms with E-state index in [2.05, 4.69) is 18.0 Å². The maximum Gasteiger partial charge on any atom is 0.0452 e. The number of halogens is 1. The smallest absolute Gasteiger partial charge is 0.0452 e. The molecule has 0 aromatic carbocycles. The lowest BCUT2D eigenvalue weighted by Crippen LogP contribution is -2.16. The molecule has 1 nitrogen and oxygen atoms in total. The number of hydrogen-bond acceptors (Lipinski definition) is 1. The van der Waals surface area contributed by atoms with Gasteiger partial charge in [-0.15, -0.1) is 11.6 Å². The van der Waals surface area contributed by atoms with Crippen LogP contribution in [0.3, 0.4) is 0 Å².